The summed E-state index contributed by atoms with van der Waals surface area (Å²) in [5.41, 5.74) is 1.01. The predicted octanol–water partition coefficient (Wildman–Crippen LogP) is 3.64. The first-order valence-electron chi connectivity index (χ1n) is 6.21. The fourth-order valence-corrected chi connectivity index (χ4v) is 2.76. The van der Waals surface area contributed by atoms with E-state index in [0.717, 1.165) is 5.01 Å². The summed E-state index contributed by atoms with van der Waals surface area (Å²) in [7, 11) is 0. The molecule has 0 spiro atoms. The highest BCUT2D eigenvalue weighted by Gasteiger charge is 2.13. The van der Waals surface area contributed by atoms with Crippen LogP contribution in [0.3, 0.4) is 0 Å². The number of ether oxygens (including phenoxy) is 1. The van der Waals surface area contributed by atoms with Crippen LogP contribution >= 0.6 is 27.3 Å². The summed E-state index contributed by atoms with van der Waals surface area (Å²) >= 11 is 4.66. The van der Waals surface area contributed by atoms with Crippen molar-refractivity contribution in [2.75, 3.05) is 11.9 Å². The third-order valence-electron chi connectivity index (χ3n) is 2.57. The summed E-state index contributed by atoms with van der Waals surface area (Å²) in [5, 5.41) is 3.60. The van der Waals surface area contributed by atoms with E-state index in [1.807, 2.05) is 6.92 Å². The number of amides is 1. The number of carbonyl (C=O) groups excluding carboxylic acids is 2. The Balaban J connectivity index is 2.14. The molecule has 0 saturated heterocycles. The van der Waals surface area contributed by atoms with Gasteiger partial charge < -0.3 is 10.1 Å². The smallest absolute Gasteiger partial charge is 0.338 e. The first kappa shape index (κ1) is 15.7. The molecule has 0 saturated carbocycles. The molecule has 110 valence electrons. The van der Waals surface area contributed by atoms with Crippen LogP contribution in [0.25, 0.3) is 0 Å². The van der Waals surface area contributed by atoms with Crippen LogP contribution in [0.4, 0.5) is 5.69 Å². The number of carbonyl (C=O) groups is 2. The van der Waals surface area contributed by atoms with Gasteiger partial charge in [-0.25, -0.2) is 9.78 Å². The van der Waals surface area contributed by atoms with E-state index in [9.17, 15) is 9.59 Å². The van der Waals surface area contributed by atoms with E-state index in [4.69, 9.17) is 4.74 Å². The van der Waals surface area contributed by atoms with Gasteiger partial charge in [-0.1, -0.05) is 0 Å². The number of nitrogens with zero attached hydrogens (tertiary/aromatic N) is 1. The normalized spacial score (nSPS) is 10.2. The minimum Gasteiger partial charge on any atom is -0.462 e. The highest BCUT2D eigenvalue weighted by Crippen LogP contribution is 2.25. The van der Waals surface area contributed by atoms with E-state index < -0.39 is 5.97 Å². The van der Waals surface area contributed by atoms with Crippen molar-refractivity contribution in [3.05, 3.63) is 44.3 Å². The fraction of sp³-hybridized carbons (Fsp3) is 0.214. The molecule has 0 atom stereocenters. The molecule has 2 aromatic rings. The van der Waals surface area contributed by atoms with Crippen LogP contribution in [-0.4, -0.2) is 23.5 Å². The number of rotatable bonds is 4. The average molecular weight is 369 g/mol. The van der Waals surface area contributed by atoms with Gasteiger partial charge in [0.25, 0.3) is 5.91 Å². The van der Waals surface area contributed by atoms with Crippen molar-refractivity contribution < 1.29 is 14.3 Å². The SMILES string of the molecule is CCOC(=O)c1ccc(NC(=O)c2cnc(C)s2)c(Br)c1. The van der Waals surface area contributed by atoms with Crippen LogP contribution in [0.5, 0.6) is 0 Å². The monoisotopic (exact) mass is 368 g/mol. The van der Waals surface area contributed by atoms with Crippen molar-refractivity contribution in [1.29, 1.82) is 0 Å². The van der Waals surface area contributed by atoms with Gasteiger partial charge in [0, 0.05) is 4.47 Å². The Morgan fingerprint density at radius 3 is 2.76 bits per heavy atom. The van der Waals surface area contributed by atoms with Crippen molar-refractivity contribution in [3.63, 3.8) is 0 Å². The molecule has 2 rings (SSSR count). The summed E-state index contributed by atoms with van der Waals surface area (Å²) < 4.78 is 5.54. The van der Waals surface area contributed by atoms with E-state index in [0.29, 0.717) is 27.2 Å². The molecule has 1 aromatic heterocycles. The number of anilines is 1. The van der Waals surface area contributed by atoms with E-state index in [1.54, 1.807) is 25.1 Å². The zero-order valence-corrected chi connectivity index (χ0v) is 13.9. The highest BCUT2D eigenvalue weighted by atomic mass is 79.9. The van der Waals surface area contributed by atoms with Gasteiger partial charge in [-0.3, -0.25) is 4.79 Å². The lowest BCUT2D eigenvalue weighted by molar-refractivity contribution is 0.0526. The van der Waals surface area contributed by atoms with Crippen molar-refractivity contribution in [2.24, 2.45) is 0 Å². The van der Waals surface area contributed by atoms with Gasteiger partial charge in [0.15, 0.2) is 0 Å². The molecule has 1 aromatic carbocycles. The number of hydrogen-bond donors (Lipinski definition) is 1. The molecule has 0 fully saturated rings. The lowest BCUT2D eigenvalue weighted by Gasteiger charge is -2.08. The number of esters is 1. The Kier molecular flexibility index (Phi) is 5.08. The molecule has 1 heterocycles. The van der Waals surface area contributed by atoms with Crippen LogP contribution in [0.1, 0.15) is 32.0 Å². The zero-order valence-electron chi connectivity index (χ0n) is 11.5. The Morgan fingerprint density at radius 1 is 1.43 bits per heavy atom. The molecular formula is C14H13BrN2O3S. The van der Waals surface area contributed by atoms with Crippen LogP contribution < -0.4 is 5.32 Å². The number of hydrogen-bond acceptors (Lipinski definition) is 5. The van der Waals surface area contributed by atoms with Gasteiger partial charge in [0.1, 0.15) is 4.88 Å². The van der Waals surface area contributed by atoms with Crippen LogP contribution in [0.2, 0.25) is 0 Å². The lowest BCUT2D eigenvalue weighted by Crippen LogP contribution is -2.11. The quantitative estimate of drug-likeness (QED) is 0.836. The maximum atomic E-state index is 12.0. The molecule has 1 N–H and O–H groups in total. The summed E-state index contributed by atoms with van der Waals surface area (Å²) in [6, 6.07) is 4.88. The highest BCUT2D eigenvalue weighted by molar-refractivity contribution is 9.10. The molecule has 21 heavy (non-hydrogen) atoms. The van der Waals surface area contributed by atoms with Crippen LogP contribution in [-0.2, 0) is 4.74 Å². The second-order valence-corrected chi connectivity index (χ2v) is 6.20. The zero-order chi connectivity index (χ0) is 15.4. The number of thiazole rings is 1. The molecule has 0 radical (unpaired) electrons. The van der Waals surface area contributed by atoms with Gasteiger partial charge >= 0.3 is 5.97 Å². The molecule has 1 amide bonds. The standard InChI is InChI=1S/C14H13BrN2O3S/c1-3-20-14(19)9-4-5-11(10(15)6-9)17-13(18)12-7-16-8(2)21-12/h4-7H,3H2,1-2H3,(H,17,18). The van der Waals surface area contributed by atoms with Crippen molar-refractivity contribution in [2.45, 2.75) is 13.8 Å². The number of nitrogens with one attached hydrogen (secondary N) is 1. The first-order chi connectivity index (χ1) is 10.0. The second kappa shape index (κ2) is 6.82. The Bertz CT molecular complexity index is 685. The third-order valence-corrected chi connectivity index (χ3v) is 4.14. The average Bonchev–Trinajstić information content (AvgIpc) is 2.88. The Morgan fingerprint density at radius 2 is 2.19 bits per heavy atom. The molecular weight excluding hydrogens is 356 g/mol. The van der Waals surface area contributed by atoms with E-state index in [2.05, 4.69) is 26.2 Å². The van der Waals surface area contributed by atoms with Crippen molar-refractivity contribution in [1.82, 2.24) is 4.98 Å². The van der Waals surface area contributed by atoms with E-state index in [1.165, 1.54) is 17.5 Å². The van der Waals surface area contributed by atoms with Gasteiger partial charge in [0.05, 0.1) is 29.1 Å². The molecule has 7 heteroatoms. The summed E-state index contributed by atoms with van der Waals surface area (Å²) in [6.07, 6.45) is 1.54. The molecule has 0 aliphatic rings. The van der Waals surface area contributed by atoms with Gasteiger partial charge in [-0.15, -0.1) is 11.3 Å². The Labute approximate surface area is 134 Å². The van der Waals surface area contributed by atoms with Gasteiger partial charge in [-0.05, 0) is 48.0 Å². The largest absolute Gasteiger partial charge is 0.462 e. The molecule has 0 bridgehead atoms. The summed E-state index contributed by atoms with van der Waals surface area (Å²) in [4.78, 5) is 28.2. The fourth-order valence-electron chi connectivity index (χ4n) is 1.61. The Hall–Kier alpha value is -1.73. The van der Waals surface area contributed by atoms with Crippen molar-refractivity contribution in [3.8, 4) is 0 Å². The van der Waals surface area contributed by atoms with Gasteiger partial charge in [0.2, 0.25) is 0 Å². The number of aromatic nitrogens is 1. The maximum absolute atomic E-state index is 12.0. The molecule has 0 aliphatic heterocycles. The van der Waals surface area contributed by atoms with Crippen LogP contribution in [0, 0.1) is 6.92 Å². The third kappa shape index (κ3) is 3.89. The number of benzene rings is 1. The summed E-state index contributed by atoms with van der Waals surface area (Å²) in [5.74, 6) is -0.626. The number of aryl methyl sites for hydroxylation is 1. The number of halogens is 1. The molecule has 0 unspecified atom stereocenters. The van der Waals surface area contributed by atoms with Gasteiger partial charge in [-0.2, -0.15) is 0 Å². The van der Waals surface area contributed by atoms with E-state index >= 15 is 0 Å². The molecule has 5 nitrogen and oxygen atoms in total. The first-order valence-corrected chi connectivity index (χ1v) is 7.82. The topological polar surface area (TPSA) is 68.3 Å². The van der Waals surface area contributed by atoms with E-state index in [-0.39, 0.29) is 5.91 Å². The van der Waals surface area contributed by atoms with Crippen molar-refractivity contribution >= 4 is 44.8 Å². The summed E-state index contributed by atoms with van der Waals surface area (Å²) in [6.45, 7) is 3.91. The minimum atomic E-state index is -0.394. The second-order valence-electron chi connectivity index (χ2n) is 4.11. The minimum absolute atomic E-state index is 0.231. The predicted molar refractivity (Wildman–Crippen MR) is 84.9 cm³/mol. The van der Waals surface area contributed by atoms with Crippen LogP contribution in [0.15, 0.2) is 28.9 Å². The maximum Gasteiger partial charge on any atom is 0.338 e. The molecule has 0 aliphatic carbocycles. The lowest BCUT2D eigenvalue weighted by atomic mass is 10.2.